The third-order valence-corrected chi connectivity index (χ3v) is 4.03. The minimum Gasteiger partial charge on any atom is -0.378 e. The Labute approximate surface area is 134 Å². The first-order valence-corrected chi connectivity index (χ1v) is 7.53. The van der Waals surface area contributed by atoms with E-state index >= 15 is 0 Å². The summed E-state index contributed by atoms with van der Waals surface area (Å²) in [6.07, 6.45) is 0. The van der Waals surface area contributed by atoms with E-state index in [1.54, 1.807) is 0 Å². The van der Waals surface area contributed by atoms with Crippen molar-refractivity contribution in [2.75, 3.05) is 24.3 Å². The van der Waals surface area contributed by atoms with Gasteiger partial charge in [0, 0.05) is 29.9 Å². The van der Waals surface area contributed by atoms with Gasteiger partial charge in [0.25, 0.3) is 5.91 Å². The number of halogens is 1. The van der Waals surface area contributed by atoms with Gasteiger partial charge < -0.3 is 10.2 Å². The topological polar surface area (TPSA) is 32.3 Å². The molecular formula is C17H19BrN2O. The summed E-state index contributed by atoms with van der Waals surface area (Å²) in [4.78, 5) is 14.4. The van der Waals surface area contributed by atoms with Crippen LogP contribution in [0.5, 0.6) is 0 Å². The van der Waals surface area contributed by atoms with Crippen LogP contribution in [0.15, 0.2) is 40.9 Å². The van der Waals surface area contributed by atoms with Crippen LogP contribution < -0.4 is 10.2 Å². The number of aryl methyl sites for hydroxylation is 2. The number of hydrogen-bond acceptors (Lipinski definition) is 2. The molecule has 4 heteroatoms. The van der Waals surface area contributed by atoms with Crippen LogP contribution in [0.1, 0.15) is 21.5 Å². The molecule has 3 nitrogen and oxygen atoms in total. The molecule has 0 aliphatic carbocycles. The maximum atomic E-state index is 12.4. The fourth-order valence-electron chi connectivity index (χ4n) is 2.07. The van der Waals surface area contributed by atoms with Crippen LogP contribution in [0.25, 0.3) is 0 Å². The Hall–Kier alpha value is -1.81. The fraction of sp³-hybridized carbons (Fsp3) is 0.235. The van der Waals surface area contributed by atoms with E-state index in [0.717, 1.165) is 27.0 Å². The lowest BCUT2D eigenvalue weighted by atomic mass is 10.1. The third-order valence-electron chi connectivity index (χ3n) is 3.34. The van der Waals surface area contributed by atoms with E-state index in [2.05, 4.69) is 27.3 Å². The van der Waals surface area contributed by atoms with Crippen molar-refractivity contribution in [3.05, 3.63) is 57.6 Å². The van der Waals surface area contributed by atoms with Gasteiger partial charge in [-0.1, -0.05) is 11.6 Å². The average molecular weight is 347 g/mol. The zero-order valence-corrected chi connectivity index (χ0v) is 14.3. The van der Waals surface area contributed by atoms with Crippen molar-refractivity contribution in [3.8, 4) is 0 Å². The molecule has 2 rings (SSSR count). The van der Waals surface area contributed by atoms with Crippen molar-refractivity contribution < 1.29 is 4.79 Å². The SMILES string of the molecule is Cc1ccc(Br)c(C(=O)Nc2ccc(N(C)C)cc2C)c1. The van der Waals surface area contributed by atoms with Crippen molar-refractivity contribution in [1.29, 1.82) is 0 Å². The Morgan fingerprint density at radius 3 is 2.43 bits per heavy atom. The maximum absolute atomic E-state index is 12.4. The fourth-order valence-corrected chi connectivity index (χ4v) is 2.50. The largest absolute Gasteiger partial charge is 0.378 e. The molecule has 1 amide bonds. The van der Waals surface area contributed by atoms with Crippen molar-refractivity contribution in [2.45, 2.75) is 13.8 Å². The number of carbonyl (C=O) groups excluding carboxylic acids is 1. The number of amides is 1. The van der Waals surface area contributed by atoms with Gasteiger partial charge >= 0.3 is 0 Å². The average Bonchev–Trinajstić information content (AvgIpc) is 2.43. The summed E-state index contributed by atoms with van der Waals surface area (Å²) < 4.78 is 0.799. The lowest BCUT2D eigenvalue weighted by Crippen LogP contribution is -2.14. The van der Waals surface area contributed by atoms with Crippen LogP contribution >= 0.6 is 15.9 Å². The van der Waals surface area contributed by atoms with Crippen LogP contribution in [0.2, 0.25) is 0 Å². The molecule has 0 aromatic heterocycles. The van der Waals surface area contributed by atoms with Gasteiger partial charge in [-0.15, -0.1) is 0 Å². The Morgan fingerprint density at radius 1 is 1.10 bits per heavy atom. The van der Waals surface area contributed by atoms with E-state index in [1.165, 1.54) is 0 Å². The van der Waals surface area contributed by atoms with Gasteiger partial charge in [0.15, 0.2) is 0 Å². The smallest absolute Gasteiger partial charge is 0.256 e. The number of hydrogen-bond donors (Lipinski definition) is 1. The second-order valence-electron chi connectivity index (χ2n) is 5.33. The van der Waals surface area contributed by atoms with E-state index in [1.807, 2.05) is 63.2 Å². The predicted molar refractivity (Wildman–Crippen MR) is 92.3 cm³/mol. The van der Waals surface area contributed by atoms with Gasteiger partial charge in [-0.2, -0.15) is 0 Å². The zero-order chi connectivity index (χ0) is 15.6. The normalized spacial score (nSPS) is 10.3. The van der Waals surface area contributed by atoms with Crippen LogP contribution in [-0.2, 0) is 0 Å². The lowest BCUT2D eigenvalue weighted by molar-refractivity contribution is 0.102. The summed E-state index contributed by atoms with van der Waals surface area (Å²) in [5.74, 6) is -0.105. The van der Waals surface area contributed by atoms with Crippen molar-refractivity contribution >= 4 is 33.2 Å². The van der Waals surface area contributed by atoms with Gasteiger partial charge in [0.05, 0.1) is 5.56 Å². The molecule has 0 spiro atoms. The molecular weight excluding hydrogens is 328 g/mol. The lowest BCUT2D eigenvalue weighted by Gasteiger charge is -2.16. The number of nitrogens with zero attached hydrogens (tertiary/aromatic N) is 1. The Balaban J connectivity index is 2.25. The first-order chi connectivity index (χ1) is 9.88. The van der Waals surface area contributed by atoms with Crippen LogP contribution in [0, 0.1) is 13.8 Å². The minimum atomic E-state index is -0.105. The Kier molecular flexibility index (Phi) is 4.68. The van der Waals surface area contributed by atoms with Gasteiger partial charge in [-0.05, 0) is 65.7 Å². The summed E-state index contributed by atoms with van der Waals surface area (Å²) in [6, 6.07) is 11.7. The van der Waals surface area contributed by atoms with E-state index in [0.29, 0.717) is 5.56 Å². The summed E-state index contributed by atoms with van der Waals surface area (Å²) in [5.41, 5.74) is 4.69. The molecule has 0 saturated heterocycles. The molecule has 0 radical (unpaired) electrons. The molecule has 0 atom stereocenters. The highest BCUT2D eigenvalue weighted by Crippen LogP contribution is 2.24. The summed E-state index contributed by atoms with van der Waals surface area (Å²) in [5, 5.41) is 2.97. The molecule has 0 heterocycles. The molecule has 1 N–H and O–H groups in total. The highest BCUT2D eigenvalue weighted by atomic mass is 79.9. The second kappa shape index (κ2) is 6.31. The van der Waals surface area contributed by atoms with Crippen LogP contribution in [0.4, 0.5) is 11.4 Å². The number of anilines is 2. The molecule has 2 aromatic rings. The molecule has 0 aliphatic heterocycles. The van der Waals surface area contributed by atoms with E-state index in [9.17, 15) is 4.79 Å². The van der Waals surface area contributed by atoms with Crippen LogP contribution in [0.3, 0.4) is 0 Å². The number of benzene rings is 2. The van der Waals surface area contributed by atoms with Crippen molar-refractivity contribution in [2.24, 2.45) is 0 Å². The number of nitrogens with one attached hydrogen (secondary N) is 1. The summed E-state index contributed by atoms with van der Waals surface area (Å²) >= 11 is 3.43. The maximum Gasteiger partial charge on any atom is 0.256 e. The summed E-state index contributed by atoms with van der Waals surface area (Å²) in [7, 11) is 3.99. The Bertz CT molecular complexity index is 680. The Morgan fingerprint density at radius 2 is 1.81 bits per heavy atom. The highest BCUT2D eigenvalue weighted by molar-refractivity contribution is 9.10. The predicted octanol–water partition coefficient (Wildman–Crippen LogP) is 4.38. The molecule has 110 valence electrons. The number of rotatable bonds is 3. The molecule has 0 aliphatic rings. The standard InChI is InChI=1S/C17H19BrN2O/c1-11-5-7-15(18)14(9-11)17(21)19-16-8-6-13(20(3)4)10-12(16)2/h5-10H,1-4H3,(H,19,21). The first kappa shape index (κ1) is 15.6. The van der Waals surface area contributed by atoms with Crippen molar-refractivity contribution in [3.63, 3.8) is 0 Å². The van der Waals surface area contributed by atoms with E-state index in [-0.39, 0.29) is 5.91 Å². The molecule has 2 aromatic carbocycles. The minimum absolute atomic E-state index is 0.105. The molecule has 0 bridgehead atoms. The highest BCUT2D eigenvalue weighted by Gasteiger charge is 2.12. The van der Waals surface area contributed by atoms with E-state index < -0.39 is 0 Å². The van der Waals surface area contributed by atoms with Gasteiger partial charge in [-0.3, -0.25) is 4.79 Å². The second-order valence-corrected chi connectivity index (χ2v) is 6.19. The first-order valence-electron chi connectivity index (χ1n) is 6.74. The summed E-state index contributed by atoms with van der Waals surface area (Å²) in [6.45, 7) is 3.97. The third kappa shape index (κ3) is 3.64. The molecule has 21 heavy (non-hydrogen) atoms. The van der Waals surface area contributed by atoms with Gasteiger partial charge in [0.1, 0.15) is 0 Å². The molecule has 0 saturated carbocycles. The molecule has 0 fully saturated rings. The van der Waals surface area contributed by atoms with Crippen molar-refractivity contribution in [1.82, 2.24) is 0 Å². The van der Waals surface area contributed by atoms with E-state index in [4.69, 9.17) is 0 Å². The van der Waals surface area contributed by atoms with Gasteiger partial charge in [-0.25, -0.2) is 0 Å². The molecule has 0 unspecified atom stereocenters. The number of carbonyl (C=O) groups is 1. The monoisotopic (exact) mass is 346 g/mol. The zero-order valence-electron chi connectivity index (χ0n) is 12.7. The quantitative estimate of drug-likeness (QED) is 0.893. The van der Waals surface area contributed by atoms with Gasteiger partial charge in [0.2, 0.25) is 0 Å². The van der Waals surface area contributed by atoms with Crippen LogP contribution in [-0.4, -0.2) is 20.0 Å².